The van der Waals surface area contributed by atoms with Gasteiger partial charge in [-0.3, -0.25) is 0 Å². The summed E-state index contributed by atoms with van der Waals surface area (Å²) in [6, 6.07) is 7.64. The minimum atomic E-state index is 0.279. The lowest BCUT2D eigenvalue weighted by Crippen LogP contribution is -2.15. The van der Waals surface area contributed by atoms with E-state index in [-0.39, 0.29) is 6.10 Å². The predicted molar refractivity (Wildman–Crippen MR) is 77.1 cm³/mol. The zero-order valence-electron chi connectivity index (χ0n) is 10.7. The van der Waals surface area contributed by atoms with E-state index in [1.165, 1.54) is 0 Å². The van der Waals surface area contributed by atoms with Crippen LogP contribution in [-0.4, -0.2) is 32.5 Å². The van der Waals surface area contributed by atoms with E-state index >= 15 is 0 Å². The fourth-order valence-electron chi connectivity index (χ4n) is 1.92. The van der Waals surface area contributed by atoms with Crippen LogP contribution in [0.4, 0.5) is 5.69 Å². The number of halogens is 1. The fourth-order valence-corrected chi connectivity index (χ4v) is 2.44. The van der Waals surface area contributed by atoms with Crippen LogP contribution in [0.1, 0.15) is 18.4 Å². The van der Waals surface area contributed by atoms with Gasteiger partial charge < -0.3 is 14.8 Å². The molecule has 1 saturated heterocycles. The number of anilines is 1. The standard InChI is InChI=1S/C14H17BrN2O2/c15-13-8-11(9-16)2-3-14(13)17-5-1-6-19-12-4-7-18-10-12/h2-3,8,12,17H,1,4-7,10H2. The van der Waals surface area contributed by atoms with E-state index in [4.69, 9.17) is 14.7 Å². The number of hydrogen-bond donors (Lipinski definition) is 1. The second-order valence-electron chi connectivity index (χ2n) is 4.44. The molecule has 1 aliphatic heterocycles. The molecular weight excluding hydrogens is 308 g/mol. The highest BCUT2D eigenvalue weighted by Crippen LogP contribution is 2.23. The van der Waals surface area contributed by atoms with E-state index in [0.29, 0.717) is 5.56 Å². The maximum Gasteiger partial charge on any atom is 0.0992 e. The van der Waals surface area contributed by atoms with Gasteiger partial charge in [0.2, 0.25) is 0 Å². The molecule has 19 heavy (non-hydrogen) atoms. The summed E-state index contributed by atoms with van der Waals surface area (Å²) < 4.78 is 11.8. The van der Waals surface area contributed by atoms with Gasteiger partial charge in [-0.1, -0.05) is 0 Å². The first-order chi connectivity index (χ1) is 9.29. The van der Waals surface area contributed by atoms with Gasteiger partial charge in [-0.25, -0.2) is 0 Å². The Kier molecular flexibility index (Phi) is 5.64. The van der Waals surface area contributed by atoms with Crippen molar-refractivity contribution in [2.24, 2.45) is 0 Å². The molecule has 4 nitrogen and oxygen atoms in total. The summed E-state index contributed by atoms with van der Waals surface area (Å²) in [4.78, 5) is 0. The number of benzene rings is 1. The van der Waals surface area contributed by atoms with Crippen molar-refractivity contribution < 1.29 is 9.47 Å². The molecule has 1 unspecified atom stereocenters. The normalized spacial score (nSPS) is 18.2. The Balaban J connectivity index is 1.66. The molecule has 0 aliphatic carbocycles. The molecule has 0 aromatic heterocycles. The molecule has 1 N–H and O–H groups in total. The average Bonchev–Trinajstić information content (AvgIpc) is 2.93. The zero-order valence-corrected chi connectivity index (χ0v) is 12.3. The fraction of sp³-hybridized carbons (Fsp3) is 0.500. The summed E-state index contributed by atoms with van der Waals surface area (Å²) in [6.07, 6.45) is 2.24. The van der Waals surface area contributed by atoms with Crippen LogP contribution in [0.5, 0.6) is 0 Å². The van der Waals surface area contributed by atoms with Crippen molar-refractivity contribution in [2.45, 2.75) is 18.9 Å². The van der Waals surface area contributed by atoms with Crippen molar-refractivity contribution in [3.05, 3.63) is 28.2 Å². The maximum absolute atomic E-state index is 8.78. The van der Waals surface area contributed by atoms with Crippen LogP contribution < -0.4 is 5.32 Å². The Bertz CT molecular complexity index is 453. The largest absolute Gasteiger partial charge is 0.384 e. The summed E-state index contributed by atoms with van der Waals surface area (Å²) in [5.41, 5.74) is 1.66. The molecule has 0 bridgehead atoms. The van der Waals surface area contributed by atoms with Crippen molar-refractivity contribution in [2.75, 3.05) is 31.7 Å². The van der Waals surface area contributed by atoms with Crippen molar-refractivity contribution in [3.63, 3.8) is 0 Å². The van der Waals surface area contributed by atoms with Gasteiger partial charge in [0.05, 0.1) is 24.3 Å². The molecule has 1 aromatic carbocycles. The first-order valence-electron chi connectivity index (χ1n) is 6.42. The van der Waals surface area contributed by atoms with Crippen LogP contribution in [0, 0.1) is 11.3 Å². The SMILES string of the molecule is N#Cc1ccc(NCCCOC2CCOC2)c(Br)c1. The Morgan fingerprint density at radius 1 is 1.53 bits per heavy atom. The Morgan fingerprint density at radius 2 is 2.42 bits per heavy atom. The van der Waals surface area contributed by atoms with E-state index in [1.54, 1.807) is 6.07 Å². The summed E-state index contributed by atoms with van der Waals surface area (Å²) in [6.45, 7) is 3.14. The molecule has 1 heterocycles. The van der Waals surface area contributed by atoms with Gasteiger partial charge in [0.1, 0.15) is 0 Å². The summed E-state index contributed by atoms with van der Waals surface area (Å²) >= 11 is 3.45. The third-order valence-electron chi connectivity index (χ3n) is 2.98. The summed E-state index contributed by atoms with van der Waals surface area (Å²) in [5.74, 6) is 0. The Hall–Kier alpha value is -1.09. The summed E-state index contributed by atoms with van der Waals surface area (Å²) in [7, 11) is 0. The highest BCUT2D eigenvalue weighted by molar-refractivity contribution is 9.10. The van der Waals surface area contributed by atoms with Crippen molar-refractivity contribution in [3.8, 4) is 6.07 Å². The van der Waals surface area contributed by atoms with Crippen LogP contribution in [0.2, 0.25) is 0 Å². The topological polar surface area (TPSA) is 54.3 Å². The lowest BCUT2D eigenvalue weighted by Gasteiger charge is -2.11. The van der Waals surface area contributed by atoms with Crippen LogP contribution in [0.25, 0.3) is 0 Å². The van der Waals surface area contributed by atoms with Gasteiger partial charge in [0.15, 0.2) is 0 Å². The predicted octanol–water partition coefficient (Wildman–Crippen LogP) is 2.93. The van der Waals surface area contributed by atoms with Crippen molar-refractivity contribution in [1.82, 2.24) is 0 Å². The van der Waals surface area contributed by atoms with E-state index in [1.807, 2.05) is 12.1 Å². The zero-order chi connectivity index (χ0) is 13.5. The average molecular weight is 325 g/mol. The highest BCUT2D eigenvalue weighted by atomic mass is 79.9. The molecule has 0 amide bonds. The van der Waals surface area contributed by atoms with Gasteiger partial charge in [0.25, 0.3) is 0 Å². The molecule has 1 fully saturated rings. The van der Waals surface area contributed by atoms with E-state index in [2.05, 4.69) is 27.3 Å². The van der Waals surface area contributed by atoms with Gasteiger partial charge in [-0.05, 0) is 47.0 Å². The Labute approximate surface area is 121 Å². The molecule has 1 aromatic rings. The minimum Gasteiger partial charge on any atom is -0.384 e. The number of nitrogens with one attached hydrogen (secondary N) is 1. The first kappa shape index (κ1) is 14.3. The lowest BCUT2D eigenvalue weighted by atomic mass is 10.2. The lowest BCUT2D eigenvalue weighted by molar-refractivity contribution is 0.0427. The van der Waals surface area contributed by atoms with E-state index in [9.17, 15) is 0 Å². The number of ether oxygens (including phenoxy) is 2. The van der Waals surface area contributed by atoms with Crippen LogP contribution in [0.15, 0.2) is 22.7 Å². The smallest absolute Gasteiger partial charge is 0.0992 e. The first-order valence-corrected chi connectivity index (χ1v) is 7.22. The van der Waals surface area contributed by atoms with Crippen LogP contribution in [-0.2, 0) is 9.47 Å². The van der Waals surface area contributed by atoms with Gasteiger partial charge in [-0.15, -0.1) is 0 Å². The molecule has 1 aliphatic rings. The number of nitriles is 1. The van der Waals surface area contributed by atoms with Crippen LogP contribution in [0.3, 0.4) is 0 Å². The molecule has 0 saturated carbocycles. The molecule has 2 rings (SSSR count). The van der Waals surface area contributed by atoms with Crippen molar-refractivity contribution >= 4 is 21.6 Å². The molecule has 0 spiro atoms. The van der Waals surface area contributed by atoms with Crippen molar-refractivity contribution in [1.29, 1.82) is 5.26 Å². The molecular formula is C14H17BrN2O2. The summed E-state index contributed by atoms with van der Waals surface area (Å²) in [5, 5.41) is 12.1. The second-order valence-corrected chi connectivity index (χ2v) is 5.30. The molecule has 5 heteroatoms. The number of hydrogen-bond acceptors (Lipinski definition) is 4. The third kappa shape index (κ3) is 4.50. The Morgan fingerprint density at radius 3 is 3.11 bits per heavy atom. The van der Waals surface area contributed by atoms with E-state index in [0.717, 1.165) is 49.4 Å². The number of rotatable bonds is 6. The van der Waals surface area contributed by atoms with Gasteiger partial charge in [0, 0.05) is 29.9 Å². The monoisotopic (exact) mass is 324 g/mol. The highest BCUT2D eigenvalue weighted by Gasteiger charge is 2.15. The molecule has 0 radical (unpaired) electrons. The van der Waals surface area contributed by atoms with Gasteiger partial charge >= 0.3 is 0 Å². The van der Waals surface area contributed by atoms with E-state index < -0.39 is 0 Å². The second kappa shape index (κ2) is 7.49. The quantitative estimate of drug-likeness (QED) is 0.817. The minimum absolute atomic E-state index is 0.279. The maximum atomic E-state index is 8.78. The van der Waals surface area contributed by atoms with Crippen LogP contribution >= 0.6 is 15.9 Å². The molecule has 1 atom stereocenters. The third-order valence-corrected chi connectivity index (χ3v) is 3.63. The number of nitrogens with zero attached hydrogens (tertiary/aromatic N) is 1. The van der Waals surface area contributed by atoms with Gasteiger partial charge in [-0.2, -0.15) is 5.26 Å². The molecule has 102 valence electrons.